The van der Waals surface area contributed by atoms with Gasteiger partial charge in [0.1, 0.15) is 0 Å². The van der Waals surface area contributed by atoms with Gasteiger partial charge in [-0.25, -0.2) is 0 Å². The predicted octanol–water partition coefficient (Wildman–Crippen LogP) is 4.79. The summed E-state index contributed by atoms with van der Waals surface area (Å²) >= 11 is 0. The van der Waals surface area contributed by atoms with Gasteiger partial charge in [0.15, 0.2) is 0 Å². The molecule has 0 atom stereocenters. The molecule has 0 unspecified atom stereocenters. The normalized spacial score (nSPS) is 11.3. The zero-order valence-corrected chi connectivity index (χ0v) is 13.6. The van der Waals surface area contributed by atoms with Gasteiger partial charge in [0.2, 0.25) is 0 Å². The summed E-state index contributed by atoms with van der Waals surface area (Å²) < 4.78 is 0. The molecule has 1 radical (unpaired) electrons. The van der Waals surface area contributed by atoms with Crippen LogP contribution in [0.2, 0.25) is 0 Å². The van der Waals surface area contributed by atoms with Crippen molar-refractivity contribution in [3.8, 4) is 0 Å². The molecule has 0 aliphatic carbocycles. The van der Waals surface area contributed by atoms with Crippen LogP contribution in [0, 0.1) is 11.8 Å². The molecule has 0 aromatic carbocycles. The van der Waals surface area contributed by atoms with E-state index in [0.717, 1.165) is 37.8 Å². The summed E-state index contributed by atoms with van der Waals surface area (Å²) in [4.78, 5) is 12.7. The second kappa shape index (κ2) is 12.5. The summed E-state index contributed by atoms with van der Waals surface area (Å²) in [5, 5.41) is 0. The quantitative estimate of drug-likeness (QED) is 0.347. The van der Waals surface area contributed by atoms with Crippen molar-refractivity contribution in [2.75, 3.05) is 13.1 Å². The van der Waals surface area contributed by atoms with Gasteiger partial charge >= 0.3 is 6.41 Å². The van der Waals surface area contributed by atoms with Crippen molar-refractivity contribution in [3.05, 3.63) is 0 Å². The number of carbonyl (C=O) groups excluding carboxylic acids is 1. The van der Waals surface area contributed by atoms with Gasteiger partial charge in [0, 0.05) is 13.1 Å². The molecule has 0 N–H and O–H groups in total. The first-order valence-electron chi connectivity index (χ1n) is 8.19. The van der Waals surface area contributed by atoms with Crippen LogP contribution in [-0.2, 0) is 4.79 Å². The van der Waals surface area contributed by atoms with Crippen molar-refractivity contribution in [1.29, 1.82) is 0 Å². The topological polar surface area (TPSA) is 20.3 Å². The van der Waals surface area contributed by atoms with Crippen LogP contribution in [-0.4, -0.2) is 24.4 Å². The van der Waals surface area contributed by atoms with Gasteiger partial charge in [-0.2, -0.15) is 0 Å². The highest BCUT2D eigenvalue weighted by Crippen LogP contribution is 2.10. The van der Waals surface area contributed by atoms with E-state index in [0.29, 0.717) is 0 Å². The van der Waals surface area contributed by atoms with E-state index in [4.69, 9.17) is 0 Å². The minimum atomic E-state index is 0.801. The zero-order valence-electron chi connectivity index (χ0n) is 13.6. The maximum absolute atomic E-state index is 10.8. The lowest BCUT2D eigenvalue weighted by atomic mass is 10.0. The Morgan fingerprint density at radius 1 is 0.737 bits per heavy atom. The first-order chi connectivity index (χ1) is 9.06. The van der Waals surface area contributed by atoms with Gasteiger partial charge in [0.05, 0.1) is 0 Å². The molecule has 0 aromatic rings. The number of amides is 1. The van der Waals surface area contributed by atoms with Crippen LogP contribution < -0.4 is 0 Å². The highest BCUT2D eigenvalue weighted by atomic mass is 16.1. The second-order valence-corrected chi connectivity index (χ2v) is 6.56. The third-order valence-electron chi connectivity index (χ3n) is 3.55. The average molecular weight is 268 g/mol. The number of hydrogen-bond donors (Lipinski definition) is 0. The Morgan fingerprint density at radius 2 is 1.16 bits per heavy atom. The van der Waals surface area contributed by atoms with E-state index in [9.17, 15) is 4.79 Å². The Hall–Kier alpha value is -0.530. The van der Waals surface area contributed by atoms with E-state index in [-0.39, 0.29) is 0 Å². The minimum Gasteiger partial charge on any atom is -0.334 e. The fourth-order valence-electron chi connectivity index (χ4n) is 2.27. The summed E-state index contributed by atoms with van der Waals surface area (Å²) in [6.07, 6.45) is 12.0. The minimum absolute atomic E-state index is 0.801. The van der Waals surface area contributed by atoms with Gasteiger partial charge in [-0.05, 0) is 24.7 Å². The number of unbranched alkanes of at least 4 members (excludes halogenated alkanes) is 4. The van der Waals surface area contributed by atoms with Crippen molar-refractivity contribution < 1.29 is 4.79 Å². The number of hydrogen-bond acceptors (Lipinski definition) is 1. The van der Waals surface area contributed by atoms with Crippen LogP contribution >= 0.6 is 0 Å². The van der Waals surface area contributed by atoms with Crippen molar-refractivity contribution in [2.45, 2.75) is 79.1 Å². The highest BCUT2D eigenvalue weighted by molar-refractivity contribution is 5.47. The van der Waals surface area contributed by atoms with Crippen molar-refractivity contribution >= 4 is 6.41 Å². The molecule has 2 heteroatoms. The summed E-state index contributed by atoms with van der Waals surface area (Å²) in [5.74, 6) is 1.60. The number of rotatable bonds is 13. The molecular formula is C17H34NO. The molecule has 0 aliphatic heterocycles. The molecule has 0 spiro atoms. The summed E-state index contributed by atoms with van der Waals surface area (Å²) in [5.41, 5.74) is 0. The standard InChI is InChI=1S/C17H34NO/c1-16(2)11-7-5-9-13-18(15-19)14-10-6-8-12-17(3)4/h16-17H,5-14H2,1-4H3. The zero-order chi connectivity index (χ0) is 14.5. The van der Waals surface area contributed by atoms with Crippen molar-refractivity contribution in [1.82, 2.24) is 4.90 Å². The smallest absolute Gasteiger partial charge is 0.312 e. The van der Waals surface area contributed by atoms with Gasteiger partial charge in [-0.3, -0.25) is 4.79 Å². The van der Waals surface area contributed by atoms with Crippen molar-refractivity contribution in [3.63, 3.8) is 0 Å². The molecule has 0 heterocycles. The summed E-state index contributed by atoms with van der Waals surface area (Å²) in [6.45, 7) is 10.9. The Labute approximate surface area is 120 Å². The molecule has 0 aromatic heterocycles. The van der Waals surface area contributed by atoms with E-state index >= 15 is 0 Å². The fraction of sp³-hybridized carbons (Fsp3) is 0.941. The van der Waals surface area contributed by atoms with Crippen LogP contribution in [0.5, 0.6) is 0 Å². The SMILES string of the molecule is CC(C)CCCCCN([C]=O)CCCCCC(C)C. The second-order valence-electron chi connectivity index (χ2n) is 6.56. The van der Waals surface area contributed by atoms with Crippen LogP contribution in [0.4, 0.5) is 0 Å². The Morgan fingerprint density at radius 3 is 1.47 bits per heavy atom. The van der Waals surface area contributed by atoms with Crippen LogP contribution in [0.1, 0.15) is 79.1 Å². The average Bonchev–Trinajstić information content (AvgIpc) is 2.34. The number of nitrogens with zero attached hydrogens (tertiary/aromatic N) is 1. The lowest BCUT2D eigenvalue weighted by Gasteiger charge is -2.16. The van der Waals surface area contributed by atoms with Gasteiger partial charge in [-0.1, -0.05) is 66.2 Å². The molecule has 0 bridgehead atoms. The summed E-state index contributed by atoms with van der Waals surface area (Å²) in [7, 11) is 0. The molecule has 0 rings (SSSR count). The van der Waals surface area contributed by atoms with Gasteiger partial charge < -0.3 is 4.90 Å². The third kappa shape index (κ3) is 13.7. The predicted molar refractivity (Wildman–Crippen MR) is 83.9 cm³/mol. The molecule has 1 amide bonds. The Balaban J connectivity index is 3.42. The van der Waals surface area contributed by atoms with Gasteiger partial charge in [-0.15, -0.1) is 0 Å². The first-order valence-corrected chi connectivity index (χ1v) is 8.19. The maximum Gasteiger partial charge on any atom is 0.312 e. The molecule has 2 nitrogen and oxygen atoms in total. The summed E-state index contributed by atoms with van der Waals surface area (Å²) in [6, 6.07) is 0. The van der Waals surface area contributed by atoms with Crippen LogP contribution in [0.3, 0.4) is 0 Å². The fourth-order valence-corrected chi connectivity index (χ4v) is 2.27. The van der Waals surface area contributed by atoms with E-state index < -0.39 is 0 Å². The molecular weight excluding hydrogens is 234 g/mol. The third-order valence-corrected chi connectivity index (χ3v) is 3.55. The molecule has 0 aliphatic rings. The monoisotopic (exact) mass is 268 g/mol. The van der Waals surface area contributed by atoms with Gasteiger partial charge in [0.25, 0.3) is 0 Å². The van der Waals surface area contributed by atoms with Crippen molar-refractivity contribution in [2.24, 2.45) is 11.8 Å². The Kier molecular flexibility index (Phi) is 12.2. The largest absolute Gasteiger partial charge is 0.334 e. The highest BCUT2D eigenvalue weighted by Gasteiger charge is 2.03. The van der Waals surface area contributed by atoms with E-state index in [1.807, 2.05) is 4.90 Å². The van der Waals surface area contributed by atoms with Crippen LogP contribution in [0.15, 0.2) is 0 Å². The van der Waals surface area contributed by atoms with E-state index in [1.165, 1.54) is 38.5 Å². The Bertz CT molecular complexity index is 183. The molecule has 0 saturated heterocycles. The maximum atomic E-state index is 10.8. The molecule has 0 saturated carbocycles. The van der Waals surface area contributed by atoms with E-state index in [1.54, 1.807) is 0 Å². The first kappa shape index (κ1) is 18.5. The molecule has 0 fully saturated rings. The van der Waals surface area contributed by atoms with E-state index in [2.05, 4.69) is 34.1 Å². The lowest BCUT2D eigenvalue weighted by Crippen LogP contribution is -2.24. The lowest BCUT2D eigenvalue weighted by molar-refractivity contribution is 0.353. The van der Waals surface area contributed by atoms with Crippen LogP contribution in [0.25, 0.3) is 0 Å². The molecule has 113 valence electrons. The molecule has 19 heavy (non-hydrogen) atoms.